The zero-order chi connectivity index (χ0) is 18.4. The fourth-order valence-electron chi connectivity index (χ4n) is 3.10. The van der Waals surface area contributed by atoms with Crippen LogP contribution in [0.1, 0.15) is 36.2 Å². The fourth-order valence-corrected chi connectivity index (χ4v) is 4.16. The van der Waals surface area contributed by atoms with Gasteiger partial charge in [0.05, 0.1) is 19.3 Å². The minimum Gasteiger partial charge on any atom is -0.379 e. The molecule has 1 atom stereocenters. The molecule has 1 aliphatic rings. The molecule has 1 fully saturated rings. The van der Waals surface area contributed by atoms with Crippen LogP contribution in [0.15, 0.2) is 41.8 Å². The smallest absolute Gasteiger partial charge is 0.170 e. The number of thiophene rings is 1. The van der Waals surface area contributed by atoms with Gasteiger partial charge >= 0.3 is 0 Å². The number of anilines is 1. The van der Waals surface area contributed by atoms with Crippen molar-refractivity contribution in [3.05, 3.63) is 52.2 Å². The molecule has 1 aliphatic heterocycles. The van der Waals surface area contributed by atoms with Gasteiger partial charge in [0.1, 0.15) is 0 Å². The van der Waals surface area contributed by atoms with Gasteiger partial charge in [0.15, 0.2) is 5.11 Å². The molecule has 4 nitrogen and oxygen atoms in total. The average molecular weight is 390 g/mol. The first kappa shape index (κ1) is 19.3. The minimum absolute atomic E-state index is 0.321. The summed E-state index contributed by atoms with van der Waals surface area (Å²) in [5.74, 6) is 0.536. The molecule has 0 saturated carbocycles. The Morgan fingerprint density at radius 2 is 1.92 bits per heavy atom. The lowest BCUT2D eigenvalue weighted by Crippen LogP contribution is -2.44. The third-order valence-corrected chi connectivity index (χ3v) is 5.87. The van der Waals surface area contributed by atoms with Crippen LogP contribution in [0.3, 0.4) is 0 Å². The molecule has 1 saturated heterocycles. The van der Waals surface area contributed by atoms with Crippen molar-refractivity contribution < 1.29 is 4.74 Å². The van der Waals surface area contributed by atoms with E-state index < -0.39 is 0 Å². The highest BCUT2D eigenvalue weighted by Crippen LogP contribution is 2.25. The number of rotatable bonds is 6. The van der Waals surface area contributed by atoms with Gasteiger partial charge in [-0.1, -0.05) is 32.0 Å². The lowest BCUT2D eigenvalue weighted by atomic mass is 10.0. The summed E-state index contributed by atoms with van der Waals surface area (Å²) in [5, 5.41) is 9.49. The Bertz CT molecular complexity index is 680. The maximum Gasteiger partial charge on any atom is 0.170 e. The molecular weight excluding hydrogens is 362 g/mol. The first-order valence-corrected chi connectivity index (χ1v) is 10.4. The normalized spacial score (nSPS) is 16.4. The Kier molecular flexibility index (Phi) is 7.02. The van der Waals surface area contributed by atoms with E-state index in [1.807, 2.05) is 0 Å². The van der Waals surface area contributed by atoms with Crippen molar-refractivity contribution in [1.82, 2.24) is 10.2 Å². The second-order valence-electron chi connectivity index (χ2n) is 6.79. The standard InChI is InChI=1S/C20H27N3OS2/c1-15(2)16-5-7-17(8-6-16)22-20(25)21-14-18(19-4-3-13-26-19)23-9-11-24-12-10-23/h3-8,13,15,18H,9-12,14H2,1-2H3,(H2,21,22,25)/t18-/m1/s1. The van der Waals surface area contributed by atoms with E-state index in [-0.39, 0.29) is 0 Å². The van der Waals surface area contributed by atoms with E-state index in [1.54, 1.807) is 11.3 Å². The van der Waals surface area contributed by atoms with Gasteiger partial charge in [-0.25, -0.2) is 0 Å². The highest BCUT2D eigenvalue weighted by molar-refractivity contribution is 7.80. The Morgan fingerprint density at radius 1 is 1.19 bits per heavy atom. The molecule has 0 radical (unpaired) electrons. The number of hydrogen-bond acceptors (Lipinski definition) is 4. The molecule has 0 spiro atoms. The van der Waals surface area contributed by atoms with Crippen molar-refractivity contribution in [1.29, 1.82) is 0 Å². The first-order valence-electron chi connectivity index (χ1n) is 9.13. The van der Waals surface area contributed by atoms with Gasteiger partial charge in [0, 0.05) is 30.2 Å². The monoisotopic (exact) mass is 389 g/mol. The van der Waals surface area contributed by atoms with E-state index in [0.29, 0.717) is 17.1 Å². The summed E-state index contributed by atoms with van der Waals surface area (Å²) in [6.07, 6.45) is 0. The van der Waals surface area contributed by atoms with E-state index in [2.05, 4.69) is 71.2 Å². The molecule has 0 aliphatic carbocycles. The molecule has 1 aromatic heterocycles. The fraction of sp³-hybridized carbons (Fsp3) is 0.450. The maximum atomic E-state index is 5.51. The molecule has 2 N–H and O–H groups in total. The first-order chi connectivity index (χ1) is 12.6. The van der Waals surface area contributed by atoms with Crippen molar-refractivity contribution in [2.45, 2.75) is 25.8 Å². The molecule has 26 heavy (non-hydrogen) atoms. The highest BCUT2D eigenvalue weighted by atomic mass is 32.1. The van der Waals surface area contributed by atoms with Crippen molar-refractivity contribution in [2.24, 2.45) is 0 Å². The third kappa shape index (κ3) is 5.27. The predicted molar refractivity (Wildman–Crippen MR) is 114 cm³/mol. The maximum absolute atomic E-state index is 5.51. The number of nitrogens with one attached hydrogen (secondary N) is 2. The lowest BCUT2D eigenvalue weighted by Gasteiger charge is -2.34. The summed E-state index contributed by atoms with van der Waals surface area (Å²) in [7, 11) is 0. The van der Waals surface area contributed by atoms with Crippen molar-refractivity contribution in [2.75, 3.05) is 38.2 Å². The Hall–Kier alpha value is -1.47. The van der Waals surface area contributed by atoms with E-state index in [0.717, 1.165) is 38.5 Å². The van der Waals surface area contributed by atoms with Gasteiger partial charge in [0.2, 0.25) is 0 Å². The summed E-state index contributed by atoms with van der Waals surface area (Å²) in [6.45, 7) is 8.70. The van der Waals surface area contributed by atoms with E-state index >= 15 is 0 Å². The summed E-state index contributed by atoms with van der Waals surface area (Å²) in [4.78, 5) is 3.84. The van der Waals surface area contributed by atoms with Crippen molar-refractivity contribution >= 4 is 34.4 Å². The van der Waals surface area contributed by atoms with Crippen molar-refractivity contribution in [3.8, 4) is 0 Å². The van der Waals surface area contributed by atoms with Gasteiger partial charge in [-0.2, -0.15) is 0 Å². The highest BCUT2D eigenvalue weighted by Gasteiger charge is 2.23. The van der Waals surface area contributed by atoms with E-state index in [1.165, 1.54) is 10.4 Å². The topological polar surface area (TPSA) is 36.5 Å². The zero-order valence-corrected chi connectivity index (χ0v) is 17.0. The molecule has 0 bridgehead atoms. The van der Waals surface area contributed by atoms with Crippen LogP contribution in [0, 0.1) is 0 Å². The molecule has 3 rings (SSSR count). The number of morpholine rings is 1. The van der Waals surface area contributed by atoms with E-state index in [4.69, 9.17) is 17.0 Å². The van der Waals surface area contributed by atoms with Crippen LogP contribution >= 0.6 is 23.6 Å². The summed E-state index contributed by atoms with van der Waals surface area (Å²) < 4.78 is 5.50. The van der Waals surface area contributed by atoms with Crippen LogP contribution in [0.5, 0.6) is 0 Å². The molecule has 140 valence electrons. The van der Waals surface area contributed by atoms with Crippen LogP contribution in [-0.2, 0) is 4.74 Å². The van der Waals surface area contributed by atoms with Crippen LogP contribution in [0.2, 0.25) is 0 Å². The number of thiocarbonyl (C=S) groups is 1. The van der Waals surface area contributed by atoms with Crippen LogP contribution in [0.25, 0.3) is 0 Å². The molecule has 2 heterocycles. The molecule has 6 heteroatoms. The number of hydrogen-bond donors (Lipinski definition) is 2. The SMILES string of the molecule is CC(C)c1ccc(NC(=S)NC[C@H](c2cccs2)N2CCOCC2)cc1. The van der Waals surface area contributed by atoms with Crippen molar-refractivity contribution in [3.63, 3.8) is 0 Å². The molecule has 0 unspecified atom stereocenters. The number of benzene rings is 1. The van der Waals surface area contributed by atoms with Gasteiger partial charge in [-0.15, -0.1) is 11.3 Å². The summed E-state index contributed by atoms with van der Waals surface area (Å²) in [6, 6.07) is 13.1. The minimum atomic E-state index is 0.321. The second-order valence-corrected chi connectivity index (χ2v) is 8.18. The molecule has 2 aromatic rings. The van der Waals surface area contributed by atoms with Crippen LogP contribution in [0.4, 0.5) is 5.69 Å². The average Bonchev–Trinajstić information content (AvgIpc) is 3.17. The van der Waals surface area contributed by atoms with Gasteiger partial charge < -0.3 is 15.4 Å². The Labute approximate surface area is 165 Å². The molecule has 0 amide bonds. The van der Waals surface area contributed by atoms with Crippen LogP contribution in [-0.4, -0.2) is 42.9 Å². The quantitative estimate of drug-likeness (QED) is 0.723. The van der Waals surface area contributed by atoms with Gasteiger partial charge in [0.25, 0.3) is 0 Å². The van der Waals surface area contributed by atoms with Gasteiger partial charge in [-0.05, 0) is 47.3 Å². The number of nitrogens with zero attached hydrogens (tertiary/aromatic N) is 1. The lowest BCUT2D eigenvalue weighted by molar-refractivity contribution is 0.0177. The summed E-state index contributed by atoms with van der Waals surface area (Å²) >= 11 is 7.31. The largest absolute Gasteiger partial charge is 0.379 e. The summed E-state index contributed by atoms with van der Waals surface area (Å²) in [5.41, 5.74) is 2.35. The molecule has 1 aromatic carbocycles. The second kappa shape index (κ2) is 9.46. The third-order valence-electron chi connectivity index (χ3n) is 4.65. The van der Waals surface area contributed by atoms with E-state index in [9.17, 15) is 0 Å². The Morgan fingerprint density at radius 3 is 2.54 bits per heavy atom. The zero-order valence-electron chi connectivity index (χ0n) is 15.4. The van der Waals surface area contributed by atoms with Gasteiger partial charge in [-0.3, -0.25) is 4.90 Å². The number of ether oxygens (including phenoxy) is 1. The Balaban J connectivity index is 1.57. The van der Waals surface area contributed by atoms with Crippen LogP contribution < -0.4 is 10.6 Å². The molecular formula is C20H27N3OS2. The predicted octanol–water partition coefficient (Wildman–Crippen LogP) is 4.23.